The van der Waals surface area contributed by atoms with Crippen molar-refractivity contribution in [2.75, 3.05) is 18.9 Å². The molecule has 1 N–H and O–H groups in total. The van der Waals surface area contributed by atoms with Crippen molar-refractivity contribution >= 4 is 23.2 Å². The lowest BCUT2D eigenvalue weighted by Gasteiger charge is -2.30. The molecule has 0 aromatic heterocycles. The number of carbonyl (C=O) groups is 1. The largest absolute Gasteiger partial charge is 0.324 e. The van der Waals surface area contributed by atoms with Gasteiger partial charge in [-0.25, -0.2) is 0 Å². The first-order chi connectivity index (χ1) is 12.0. The van der Waals surface area contributed by atoms with Crippen LogP contribution in [0.15, 0.2) is 48.5 Å². The summed E-state index contributed by atoms with van der Waals surface area (Å²) in [7, 11) is 1.77. The Hall–Kier alpha value is -2.44. The topological polar surface area (TPSA) is 75.5 Å². The molecule has 25 heavy (non-hydrogen) atoms. The molecule has 1 spiro atoms. The van der Waals surface area contributed by atoms with Gasteiger partial charge in [0.15, 0.2) is 5.54 Å². The molecule has 0 aliphatic carbocycles. The second kappa shape index (κ2) is 5.54. The van der Waals surface area contributed by atoms with Crippen LogP contribution in [0.25, 0.3) is 0 Å². The molecule has 2 aliphatic heterocycles. The van der Waals surface area contributed by atoms with E-state index < -0.39 is 17.5 Å². The molecule has 2 aliphatic rings. The fraction of sp³-hybridized carbons (Fsp3) is 0.278. The van der Waals surface area contributed by atoms with Crippen molar-refractivity contribution < 1.29 is 9.72 Å². The van der Waals surface area contributed by atoms with Gasteiger partial charge in [-0.3, -0.25) is 19.8 Å². The molecule has 128 valence electrons. The van der Waals surface area contributed by atoms with Crippen LogP contribution in [0.4, 0.5) is 5.69 Å². The maximum atomic E-state index is 12.9. The number of hydrogen-bond donors (Lipinski definition) is 1. The Morgan fingerprint density at radius 2 is 1.92 bits per heavy atom. The summed E-state index contributed by atoms with van der Waals surface area (Å²) in [6.07, 6.45) is 0. The van der Waals surface area contributed by atoms with Crippen molar-refractivity contribution in [3.05, 3.63) is 74.8 Å². The number of likely N-dealkylation sites (N-methyl/N-ethyl adjacent to an activating group) is 1. The van der Waals surface area contributed by atoms with Gasteiger partial charge < -0.3 is 5.32 Å². The van der Waals surface area contributed by atoms with Crippen molar-refractivity contribution in [1.29, 1.82) is 0 Å². The lowest BCUT2D eigenvalue weighted by atomic mass is 9.79. The highest BCUT2D eigenvalue weighted by Gasteiger charge is 2.68. The van der Waals surface area contributed by atoms with Crippen LogP contribution in [0.2, 0.25) is 5.02 Å². The van der Waals surface area contributed by atoms with Crippen LogP contribution in [0.3, 0.4) is 0 Å². The van der Waals surface area contributed by atoms with E-state index in [0.717, 1.165) is 5.56 Å². The second-order valence-electron chi connectivity index (χ2n) is 6.53. The van der Waals surface area contributed by atoms with Crippen LogP contribution in [0, 0.1) is 10.1 Å². The van der Waals surface area contributed by atoms with Gasteiger partial charge >= 0.3 is 0 Å². The highest BCUT2D eigenvalue weighted by Crippen LogP contribution is 2.51. The lowest BCUT2D eigenvalue weighted by molar-refractivity contribution is -0.534. The number of benzene rings is 2. The van der Waals surface area contributed by atoms with Crippen LogP contribution in [-0.4, -0.2) is 35.4 Å². The van der Waals surface area contributed by atoms with Gasteiger partial charge in [-0.2, -0.15) is 0 Å². The quantitative estimate of drug-likeness (QED) is 0.662. The van der Waals surface area contributed by atoms with Gasteiger partial charge in [-0.05, 0) is 30.8 Å². The Bertz CT molecular complexity index is 870. The Balaban J connectivity index is 1.90. The maximum absolute atomic E-state index is 12.9. The Morgan fingerprint density at radius 1 is 1.24 bits per heavy atom. The van der Waals surface area contributed by atoms with Crippen molar-refractivity contribution in [1.82, 2.24) is 4.90 Å². The minimum absolute atomic E-state index is 0.315. The third-order valence-corrected chi connectivity index (χ3v) is 5.59. The number of para-hydroxylation sites is 1. The lowest BCUT2D eigenvalue weighted by Crippen LogP contribution is -2.54. The molecule has 1 amide bonds. The predicted molar refractivity (Wildman–Crippen MR) is 94.4 cm³/mol. The molecule has 2 heterocycles. The minimum atomic E-state index is -1.30. The van der Waals surface area contributed by atoms with E-state index in [-0.39, 0.29) is 10.8 Å². The predicted octanol–water partition coefficient (Wildman–Crippen LogP) is 2.86. The summed E-state index contributed by atoms with van der Waals surface area (Å²) in [4.78, 5) is 26.5. The number of nitrogens with one attached hydrogen (secondary N) is 1. The average Bonchev–Trinajstić information content (AvgIpc) is 3.05. The first-order valence-corrected chi connectivity index (χ1v) is 8.35. The van der Waals surface area contributed by atoms with Gasteiger partial charge in [0, 0.05) is 27.7 Å². The summed E-state index contributed by atoms with van der Waals surface area (Å²) < 4.78 is 0. The molecule has 0 unspecified atom stereocenters. The SMILES string of the molecule is CN1C[C@H](c2ccc(Cl)cc2)[C@H]([N+](=O)[O-])[C@]12C(=O)Nc1ccccc12. The monoisotopic (exact) mass is 357 g/mol. The van der Waals surface area contributed by atoms with Crippen LogP contribution in [0.5, 0.6) is 0 Å². The summed E-state index contributed by atoms with van der Waals surface area (Å²) in [5, 5.41) is 15.5. The number of amides is 1. The number of carbonyl (C=O) groups excluding carboxylic acids is 1. The number of nitro groups is 1. The van der Waals surface area contributed by atoms with Crippen molar-refractivity contribution in [3.63, 3.8) is 0 Å². The zero-order valence-corrected chi connectivity index (χ0v) is 14.2. The molecule has 0 saturated carbocycles. The highest BCUT2D eigenvalue weighted by molar-refractivity contribution is 6.30. The molecule has 7 heteroatoms. The molecular formula is C18H16ClN3O3. The van der Waals surface area contributed by atoms with E-state index in [2.05, 4.69) is 5.32 Å². The molecule has 6 nitrogen and oxygen atoms in total. The Kier molecular flexibility index (Phi) is 3.56. The summed E-state index contributed by atoms with van der Waals surface area (Å²) in [6.45, 7) is 0.412. The second-order valence-corrected chi connectivity index (χ2v) is 6.97. The number of anilines is 1. The standard InChI is InChI=1S/C18H16ClN3O3/c1-21-10-13(11-6-8-12(19)9-7-11)16(22(24)25)18(21)14-4-2-3-5-15(14)20-17(18)23/h2-9,13,16H,10H2,1H3,(H,20,23)/t13-,16+,18-/m1/s1. The fourth-order valence-corrected chi connectivity index (χ4v) is 4.42. The first-order valence-electron chi connectivity index (χ1n) is 7.97. The van der Waals surface area contributed by atoms with E-state index in [1.807, 2.05) is 6.07 Å². The average molecular weight is 358 g/mol. The van der Waals surface area contributed by atoms with Crippen LogP contribution >= 0.6 is 11.6 Å². The third kappa shape index (κ3) is 2.11. The van der Waals surface area contributed by atoms with Crippen LogP contribution in [-0.2, 0) is 10.3 Å². The molecule has 0 bridgehead atoms. The maximum Gasteiger partial charge on any atom is 0.256 e. The van der Waals surface area contributed by atoms with E-state index in [0.29, 0.717) is 22.8 Å². The normalized spacial score (nSPS) is 28.2. The van der Waals surface area contributed by atoms with Crippen molar-refractivity contribution in [2.45, 2.75) is 17.5 Å². The molecule has 3 atom stereocenters. The summed E-state index contributed by atoms with van der Waals surface area (Å²) in [5.41, 5.74) is 0.820. The molecule has 2 aromatic carbocycles. The van der Waals surface area contributed by atoms with Crippen molar-refractivity contribution in [2.24, 2.45) is 0 Å². The van der Waals surface area contributed by atoms with Gasteiger partial charge in [0.25, 0.3) is 11.9 Å². The highest BCUT2D eigenvalue weighted by atomic mass is 35.5. The summed E-state index contributed by atoms with van der Waals surface area (Å²) >= 11 is 5.95. The zero-order chi connectivity index (χ0) is 17.8. The molecule has 2 aromatic rings. The summed E-state index contributed by atoms with van der Waals surface area (Å²) in [5.74, 6) is -0.747. The molecule has 1 saturated heterocycles. The van der Waals surface area contributed by atoms with Gasteiger partial charge in [0.05, 0.1) is 5.92 Å². The fourth-order valence-electron chi connectivity index (χ4n) is 4.29. The van der Waals surface area contributed by atoms with E-state index in [1.165, 1.54) is 0 Å². The number of hydrogen-bond acceptors (Lipinski definition) is 4. The molecular weight excluding hydrogens is 342 g/mol. The summed E-state index contributed by atoms with van der Waals surface area (Å²) in [6, 6.07) is 13.2. The van der Waals surface area contributed by atoms with Gasteiger partial charge in [-0.1, -0.05) is 41.9 Å². The zero-order valence-electron chi connectivity index (χ0n) is 13.5. The minimum Gasteiger partial charge on any atom is -0.324 e. The Labute approximate surface area is 149 Å². The number of nitrogens with zero attached hydrogens (tertiary/aromatic N) is 2. The van der Waals surface area contributed by atoms with E-state index in [1.54, 1.807) is 54.4 Å². The third-order valence-electron chi connectivity index (χ3n) is 5.34. The Morgan fingerprint density at radius 3 is 2.60 bits per heavy atom. The van der Waals surface area contributed by atoms with E-state index in [9.17, 15) is 14.9 Å². The van der Waals surface area contributed by atoms with Crippen molar-refractivity contribution in [3.8, 4) is 0 Å². The molecule has 4 rings (SSSR count). The van der Waals surface area contributed by atoms with E-state index >= 15 is 0 Å². The number of likely N-dealkylation sites (tertiary alicyclic amines) is 1. The van der Waals surface area contributed by atoms with E-state index in [4.69, 9.17) is 11.6 Å². The van der Waals surface area contributed by atoms with Crippen LogP contribution < -0.4 is 5.32 Å². The van der Waals surface area contributed by atoms with Gasteiger partial charge in [-0.15, -0.1) is 0 Å². The molecule has 0 radical (unpaired) electrons. The van der Waals surface area contributed by atoms with Gasteiger partial charge in [0.1, 0.15) is 0 Å². The van der Waals surface area contributed by atoms with Gasteiger partial charge in [0.2, 0.25) is 0 Å². The number of fused-ring (bicyclic) bond motifs is 2. The number of rotatable bonds is 2. The number of halogens is 1. The van der Waals surface area contributed by atoms with Crippen LogP contribution in [0.1, 0.15) is 17.0 Å². The molecule has 1 fully saturated rings. The first kappa shape index (κ1) is 16.1. The smallest absolute Gasteiger partial charge is 0.256 e.